The van der Waals surface area contributed by atoms with E-state index >= 15 is 0 Å². The molecule has 0 saturated carbocycles. The Labute approximate surface area is 148 Å². The number of anilines is 2. The Morgan fingerprint density at radius 1 is 1.23 bits per heavy atom. The Hall–Kier alpha value is -3.55. The number of nitrogens with zero attached hydrogens (tertiary/aromatic N) is 4. The molecule has 1 aliphatic heterocycles. The van der Waals surface area contributed by atoms with Crippen molar-refractivity contribution in [1.82, 2.24) is 19.9 Å². The number of rotatable bonds is 2. The summed E-state index contributed by atoms with van der Waals surface area (Å²) in [5, 5.41) is 2.72. The number of fused-ring (bicyclic) bond motifs is 1. The van der Waals surface area contributed by atoms with Gasteiger partial charge in [0.25, 0.3) is 0 Å². The molecular weight excluding hydrogens is 335 g/mol. The smallest absolute Gasteiger partial charge is 0.323 e. The molecule has 0 unspecified atom stereocenters. The van der Waals surface area contributed by atoms with Crippen molar-refractivity contribution in [2.75, 3.05) is 11.1 Å². The molecule has 7 nitrogen and oxygen atoms in total. The Balaban J connectivity index is 1.53. The molecule has 0 aliphatic carbocycles. The van der Waals surface area contributed by atoms with Crippen molar-refractivity contribution in [3.05, 3.63) is 66.0 Å². The van der Waals surface area contributed by atoms with E-state index in [1.54, 1.807) is 30.6 Å². The van der Waals surface area contributed by atoms with E-state index < -0.39 is 5.82 Å². The highest BCUT2D eigenvalue weighted by Gasteiger charge is 2.25. The lowest BCUT2D eigenvalue weighted by molar-refractivity contribution is 0.212. The first-order valence-corrected chi connectivity index (χ1v) is 7.96. The molecule has 2 amide bonds. The van der Waals surface area contributed by atoms with Crippen LogP contribution in [0.25, 0.3) is 11.3 Å². The van der Waals surface area contributed by atoms with Gasteiger partial charge >= 0.3 is 6.03 Å². The van der Waals surface area contributed by atoms with Gasteiger partial charge in [-0.25, -0.2) is 14.2 Å². The molecule has 3 aromatic rings. The highest BCUT2D eigenvalue weighted by Crippen LogP contribution is 2.25. The lowest BCUT2D eigenvalue weighted by Gasteiger charge is -2.17. The molecule has 0 aromatic carbocycles. The zero-order valence-electron chi connectivity index (χ0n) is 13.7. The molecule has 0 fully saturated rings. The predicted octanol–water partition coefficient (Wildman–Crippen LogP) is 2.81. The third-order valence-electron chi connectivity index (χ3n) is 4.12. The maximum atomic E-state index is 13.3. The summed E-state index contributed by atoms with van der Waals surface area (Å²) in [6, 6.07) is 8.14. The molecule has 4 rings (SSSR count). The number of carbonyl (C=O) groups excluding carboxylic acids is 1. The Kier molecular flexibility index (Phi) is 3.92. The summed E-state index contributed by atoms with van der Waals surface area (Å²) >= 11 is 0. The normalized spacial score (nSPS) is 12.7. The summed E-state index contributed by atoms with van der Waals surface area (Å²) < 4.78 is 13.3. The number of carbonyl (C=O) groups is 1. The molecule has 0 saturated heterocycles. The van der Waals surface area contributed by atoms with Crippen molar-refractivity contribution in [2.24, 2.45) is 0 Å². The Morgan fingerprint density at radius 2 is 2.12 bits per heavy atom. The molecule has 26 heavy (non-hydrogen) atoms. The van der Waals surface area contributed by atoms with E-state index in [-0.39, 0.29) is 18.4 Å². The molecular formula is C18H15FN6O. The lowest BCUT2D eigenvalue weighted by atomic mass is 10.2. The van der Waals surface area contributed by atoms with E-state index in [9.17, 15) is 9.18 Å². The number of hydrogen-bond donors (Lipinski definition) is 2. The van der Waals surface area contributed by atoms with Crippen molar-refractivity contribution in [3.63, 3.8) is 0 Å². The molecule has 3 aromatic heterocycles. The lowest BCUT2D eigenvalue weighted by Crippen LogP contribution is -2.31. The molecule has 3 N–H and O–H groups in total. The molecule has 0 bridgehead atoms. The van der Waals surface area contributed by atoms with Gasteiger partial charge < -0.3 is 10.6 Å². The molecule has 8 heteroatoms. The van der Waals surface area contributed by atoms with E-state index in [1.165, 1.54) is 11.0 Å². The van der Waals surface area contributed by atoms with Gasteiger partial charge in [-0.15, -0.1) is 0 Å². The number of pyridine rings is 3. The zero-order chi connectivity index (χ0) is 18.1. The number of amides is 2. The van der Waals surface area contributed by atoms with Crippen LogP contribution < -0.4 is 11.1 Å². The second-order valence-electron chi connectivity index (χ2n) is 5.92. The average molecular weight is 350 g/mol. The minimum absolute atomic E-state index is 0.270. The van der Waals surface area contributed by atoms with Gasteiger partial charge in [0.15, 0.2) is 5.82 Å². The topological polar surface area (TPSA) is 97.0 Å². The maximum absolute atomic E-state index is 13.3. The molecule has 130 valence electrons. The number of hydrogen-bond acceptors (Lipinski definition) is 5. The minimum Gasteiger partial charge on any atom is -0.396 e. The third kappa shape index (κ3) is 3.04. The van der Waals surface area contributed by atoms with Crippen LogP contribution >= 0.6 is 0 Å². The van der Waals surface area contributed by atoms with Crippen LogP contribution in [0.1, 0.15) is 11.3 Å². The summed E-state index contributed by atoms with van der Waals surface area (Å²) in [4.78, 5) is 26.6. The highest BCUT2D eigenvalue weighted by molar-refractivity contribution is 5.92. The second-order valence-corrected chi connectivity index (χ2v) is 5.92. The van der Waals surface area contributed by atoms with Gasteiger partial charge in [-0.3, -0.25) is 15.3 Å². The van der Waals surface area contributed by atoms with Crippen LogP contribution in [-0.2, 0) is 13.1 Å². The van der Waals surface area contributed by atoms with Crippen molar-refractivity contribution >= 4 is 17.5 Å². The molecule has 0 radical (unpaired) electrons. The van der Waals surface area contributed by atoms with Crippen molar-refractivity contribution in [2.45, 2.75) is 13.1 Å². The largest absolute Gasteiger partial charge is 0.396 e. The fraction of sp³-hybridized carbons (Fsp3) is 0.111. The van der Waals surface area contributed by atoms with Gasteiger partial charge in [0.05, 0.1) is 29.8 Å². The first-order valence-electron chi connectivity index (χ1n) is 7.96. The third-order valence-corrected chi connectivity index (χ3v) is 4.12. The van der Waals surface area contributed by atoms with E-state index in [2.05, 4.69) is 20.3 Å². The minimum atomic E-state index is -0.416. The Morgan fingerprint density at radius 3 is 2.92 bits per heavy atom. The highest BCUT2D eigenvalue weighted by atomic mass is 19.1. The van der Waals surface area contributed by atoms with Crippen LogP contribution in [0, 0.1) is 5.82 Å². The van der Waals surface area contributed by atoms with Gasteiger partial charge in [-0.1, -0.05) is 0 Å². The number of aromatic nitrogens is 3. The fourth-order valence-electron chi connectivity index (χ4n) is 2.80. The summed E-state index contributed by atoms with van der Waals surface area (Å²) in [5.74, 6) is -0.146. The van der Waals surface area contributed by atoms with E-state index in [0.29, 0.717) is 29.2 Å². The van der Waals surface area contributed by atoms with Crippen molar-refractivity contribution in [3.8, 4) is 11.3 Å². The number of halogens is 1. The first-order chi connectivity index (χ1) is 12.6. The fourth-order valence-corrected chi connectivity index (χ4v) is 2.80. The van der Waals surface area contributed by atoms with Gasteiger partial charge in [0.2, 0.25) is 0 Å². The maximum Gasteiger partial charge on any atom is 0.323 e. The van der Waals surface area contributed by atoms with Crippen LogP contribution in [0.3, 0.4) is 0 Å². The number of urea groups is 1. The average Bonchev–Trinajstić information content (AvgIpc) is 3.07. The molecule has 1 aliphatic rings. The van der Waals surface area contributed by atoms with Crippen LogP contribution in [0.2, 0.25) is 0 Å². The SMILES string of the molecule is Nc1ccc(-c2cccnc2)nc1NC(=O)N1Cc2cc(F)cnc2C1. The standard InChI is InChI=1S/C18H15FN6O/c19-13-6-12-9-25(10-16(12)22-8-13)18(26)24-17-14(20)3-4-15(23-17)11-2-1-5-21-7-11/h1-8H,9-10,20H2,(H,23,24,26). The van der Waals surface area contributed by atoms with Crippen LogP contribution in [-0.4, -0.2) is 25.9 Å². The summed E-state index contributed by atoms with van der Waals surface area (Å²) in [6.07, 6.45) is 4.50. The first kappa shape index (κ1) is 15.9. The van der Waals surface area contributed by atoms with Crippen LogP contribution in [0.5, 0.6) is 0 Å². The van der Waals surface area contributed by atoms with Gasteiger partial charge in [0.1, 0.15) is 5.82 Å². The van der Waals surface area contributed by atoms with Crippen molar-refractivity contribution < 1.29 is 9.18 Å². The summed E-state index contributed by atoms with van der Waals surface area (Å²) in [6.45, 7) is 0.595. The summed E-state index contributed by atoms with van der Waals surface area (Å²) in [7, 11) is 0. The van der Waals surface area contributed by atoms with E-state index in [4.69, 9.17) is 5.73 Å². The number of nitrogens with one attached hydrogen (secondary N) is 1. The molecule has 4 heterocycles. The molecule has 0 spiro atoms. The van der Waals surface area contributed by atoms with Crippen molar-refractivity contribution in [1.29, 1.82) is 0 Å². The van der Waals surface area contributed by atoms with Gasteiger partial charge in [-0.05, 0) is 35.9 Å². The van der Waals surface area contributed by atoms with Gasteiger partial charge in [-0.2, -0.15) is 0 Å². The summed E-state index contributed by atoms with van der Waals surface area (Å²) in [5.41, 5.74) is 9.15. The Bertz CT molecular complexity index is 979. The zero-order valence-corrected chi connectivity index (χ0v) is 13.7. The number of nitrogen functional groups attached to an aromatic ring is 1. The molecule has 0 atom stereocenters. The predicted molar refractivity (Wildman–Crippen MR) is 94.3 cm³/mol. The van der Waals surface area contributed by atoms with Crippen LogP contribution in [0.4, 0.5) is 20.7 Å². The van der Waals surface area contributed by atoms with E-state index in [1.807, 2.05) is 6.07 Å². The van der Waals surface area contributed by atoms with Crippen LogP contribution in [0.15, 0.2) is 48.9 Å². The monoisotopic (exact) mass is 350 g/mol. The van der Waals surface area contributed by atoms with Gasteiger partial charge in [0, 0.05) is 24.5 Å². The second kappa shape index (κ2) is 6.40. The van der Waals surface area contributed by atoms with E-state index in [0.717, 1.165) is 11.8 Å². The number of nitrogens with two attached hydrogens (primary N) is 1. The quantitative estimate of drug-likeness (QED) is 0.741.